The highest BCUT2D eigenvalue weighted by molar-refractivity contribution is 7.09. The maximum absolute atomic E-state index is 12.2. The Morgan fingerprint density at radius 1 is 1.27 bits per heavy atom. The molecule has 3 aromatic heterocycles. The zero-order valence-electron chi connectivity index (χ0n) is 12.2. The van der Waals surface area contributed by atoms with Crippen molar-refractivity contribution in [2.24, 2.45) is 0 Å². The van der Waals surface area contributed by atoms with E-state index in [0.29, 0.717) is 17.9 Å². The molecule has 0 bridgehead atoms. The van der Waals surface area contributed by atoms with E-state index in [1.807, 2.05) is 47.3 Å². The molecule has 3 aromatic rings. The molecule has 0 aromatic carbocycles. The van der Waals surface area contributed by atoms with E-state index in [1.54, 1.807) is 23.7 Å². The highest BCUT2D eigenvalue weighted by Gasteiger charge is 2.11. The number of nitrogens with one attached hydrogen (secondary N) is 1. The number of amides is 1. The lowest BCUT2D eigenvalue weighted by molar-refractivity contribution is -0.116. The smallest absolute Gasteiger partial charge is 0.224 e. The van der Waals surface area contributed by atoms with Crippen LogP contribution in [0.25, 0.3) is 5.82 Å². The van der Waals surface area contributed by atoms with Crippen molar-refractivity contribution in [1.29, 1.82) is 0 Å². The molecule has 5 nitrogen and oxygen atoms in total. The van der Waals surface area contributed by atoms with E-state index in [2.05, 4.69) is 15.3 Å². The Morgan fingerprint density at radius 2 is 2.18 bits per heavy atom. The summed E-state index contributed by atoms with van der Waals surface area (Å²) in [5.41, 5.74) is 0.694. The Morgan fingerprint density at radius 3 is 2.91 bits per heavy atom. The van der Waals surface area contributed by atoms with Gasteiger partial charge in [0.1, 0.15) is 5.82 Å². The van der Waals surface area contributed by atoms with Crippen molar-refractivity contribution in [2.75, 3.05) is 5.32 Å². The Balaban J connectivity index is 1.72. The van der Waals surface area contributed by atoms with Gasteiger partial charge in [0.05, 0.1) is 5.69 Å². The summed E-state index contributed by atoms with van der Waals surface area (Å²) in [6.07, 6.45) is 6.46. The third-order valence-electron chi connectivity index (χ3n) is 3.29. The van der Waals surface area contributed by atoms with Crippen molar-refractivity contribution in [1.82, 2.24) is 14.5 Å². The zero-order valence-corrected chi connectivity index (χ0v) is 13.0. The molecule has 0 unspecified atom stereocenters. The average molecular weight is 312 g/mol. The number of aromatic nitrogens is 3. The zero-order chi connectivity index (χ0) is 15.4. The first-order valence-electron chi connectivity index (χ1n) is 7.01. The molecule has 0 aliphatic rings. The van der Waals surface area contributed by atoms with E-state index >= 15 is 0 Å². The standard InChI is InChI=1S/C16H16N4OS/c1-12-17-9-10-20(12)16-14(5-2-8-18-16)19-15(21)7-6-13-4-3-11-22-13/h2-5,8-11H,6-7H2,1H3,(H,19,21). The van der Waals surface area contributed by atoms with Crippen LogP contribution in [-0.2, 0) is 11.2 Å². The third-order valence-corrected chi connectivity index (χ3v) is 4.23. The summed E-state index contributed by atoms with van der Waals surface area (Å²) in [6.45, 7) is 1.90. The molecule has 6 heteroatoms. The summed E-state index contributed by atoms with van der Waals surface area (Å²) in [5, 5.41) is 4.97. The molecular formula is C16H16N4OS. The maximum atomic E-state index is 12.2. The first kappa shape index (κ1) is 14.5. The van der Waals surface area contributed by atoms with E-state index in [9.17, 15) is 4.79 Å². The molecule has 0 spiro atoms. The molecule has 0 radical (unpaired) electrons. The number of anilines is 1. The number of carbonyl (C=O) groups excluding carboxylic acids is 1. The predicted octanol–water partition coefficient (Wildman–Crippen LogP) is 3.21. The van der Waals surface area contributed by atoms with Gasteiger partial charge in [0, 0.05) is 29.9 Å². The van der Waals surface area contributed by atoms with Gasteiger partial charge in [0.2, 0.25) is 5.91 Å². The van der Waals surface area contributed by atoms with Crippen molar-refractivity contribution < 1.29 is 4.79 Å². The minimum Gasteiger partial charge on any atom is -0.323 e. The summed E-state index contributed by atoms with van der Waals surface area (Å²) < 4.78 is 1.86. The third kappa shape index (κ3) is 3.23. The van der Waals surface area contributed by atoms with E-state index in [1.165, 1.54) is 4.88 Å². The maximum Gasteiger partial charge on any atom is 0.224 e. The van der Waals surface area contributed by atoms with Crippen LogP contribution in [0.15, 0.2) is 48.2 Å². The summed E-state index contributed by atoms with van der Waals surface area (Å²) in [4.78, 5) is 21.9. The number of hydrogen-bond donors (Lipinski definition) is 1. The van der Waals surface area contributed by atoms with E-state index in [-0.39, 0.29) is 5.91 Å². The number of pyridine rings is 1. The second-order valence-electron chi connectivity index (χ2n) is 4.85. The van der Waals surface area contributed by atoms with Crippen molar-refractivity contribution >= 4 is 22.9 Å². The summed E-state index contributed by atoms with van der Waals surface area (Å²) in [5.74, 6) is 1.50. The normalized spacial score (nSPS) is 10.6. The van der Waals surface area contributed by atoms with Crippen LogP contribution in [0.5, 0.6) is 0 Å². The topological polar surface area (TPSA) is 59.8 Å². The lowest BCUT2D eigenvalue weighted by atomic mass is 10.2. The fourth-order valence-electron chi connectivity index (χ4n) is 2.19. The van der Waals surface area contributed by atoms with Crippen LogP contribution in [0.1, 0.15) is 17.1 Å². The number of nitrogens with zero attached hydrogens (tertiary/aromatic N) is 3. The van der Waals surface area contributed by atoms with Crippen LogP contribution in [-0.4, -0.2) is 20.4 Å². The number of carbonyl (C=O) groups is 1. The second-order valence-corrected chi connectivity index (χ2v) is 5.88. The van der Waals surface area contributed by atoms with Crippen LogP contribution in [0.2, 0.25) is 0 Å². The molecule has 0 atom stereocenters. The highest BCUT2D eigenvalue weighted by atomic mass is 32.1. The first-order valence-corrected chi connectivity index (χ1v) is 7.89. The van der Waals surface area contributed by atoms with E-state index in [4.69, 9.17) is 0 Å². The Bertz CT molecular complexity index is 764. The van der Waals surface area contributed by atoms with Gasteiger partial charge in [0.25, 0.3) is 0 Å². The number of aryl methyl sites for hydroxylation is 2. The predicted molar refractivity (Wildman–Crippen MR) is 87.4 cm³/mol. The Labute approximate surface area is 132 Å². The number of hydrogen-bond acceptors (Lipinski definition) is 4. The van der Waals surface area contributed by atoms with Crippen LogP contribution >= 0.6 is 11.3 Å². The fourth-order valence-corrected chi connectivity index (χ4v) is 2.90. The molecule has 22 heavy (non-hydrogen) atoms. The average Bonchev–Trinajstić information content (AvgIpc) is 3.17. The minimum atomic E-state index is -0.0135. The molecule has 0 saturated carbocycles. The van der Waals surface area contributed by atoms with Gasteiger partial charge in [-0.1, -0.05) is 6.07 Å². The van der Waals surface area contributed by atoms with Crippen LogP contribution < -0.4 is 5.32 Å². The van der Waals surface area contributed by atoms with Gasteiger partial charge >= 0.3 is 0 Å². The highest BCUT2D eigenvalue weighted by Crippen LogP contribution is 2.19. The van der Waals surface area contributed by atoms with Gasteiger partial charge in [-0.2, -0.15) is 0 Å². The molecule has 0 aliphatic carbocycles. The number of thiophene rings is 1. The van der Waals surface area contributed by atoms with Gasteiger partial charge in [0.15, 0.2) is 5.82 Å². The van der Waals surface area contributed by atoms with Gasteiger partial charge in [-0.15, -0.1) is 11.3 Å². The van der Waals surface area contributed by atoms with Gasteiger partial charge in [-0.25, -0.2) is 9.97 Å². The quantitative estimate of drug-likeness (QED) is 0.787. The second kappa shape index (κ2) is 6.53. The van der Waals surface area contributed by atoms with E-state index in [0.717, 1.165) is 12.2 Å². The van der Waals surface area contributed by atoms with Crippen LogP contribution in [0.4, 0.5) is 5.69 Å². The number of imidazole rings is 1. The monoisotopic (exact) mass is 312 g/mol. The molecular weight excluding hydrogens is 296 g/mol. The van der Waals surface area contributed by atoms with E-state index < -0.39 is 0 Å². The lowest BCUT2D eigenvalue weighted by Gasteiger charge is -2.11. The molecule has 3 heterocycles. The molecule has 0 fully saturated rings. The SMILES string of the molecule is Cc1nccn1-c1ncccc1NC(=O)CCc1cccs1. The summed E-state index contributed by atoms with van der Waals surface area (Å²) in [6, 6.07) is 7.71. The van der Waals surface area contributed by atoms with Gasteiger partial charge in [-0.05, 0) is 36.9 Å². The Kier molecular flexibility index (Phi) is 4.29. The lowest BCUT2D eigenvalue weighted by Crippen LogP contribution is -2.15. The van der Waals surface area contributed by atoms with Crippen molar-refractivity contribution in [3.63, 3.8) is 0 Å². The molecule has 1 N–H and O–H groups in total. The van der Waals surface area contributed by atoms with Crippen LogP contribution in [0, 0.1) is 6.92 Å². The molecule has 3 rings (SSSR count). The molecule has 1 amide bonds. The van der Waals surface area contributed by atoms with Crippen molar-refractivity contribution in [3.8, 4) is 5.82 Å². The van der Waals surface area contributed by atoms with Gasteiger partial charge < -0.3 is 5.32 Å². The van der Waals surface area contributed by atoms with Crippen LogP contribution in [0.3, 0.4) is 0 Å². The Hall–Kier alpha value is -2.47. The molecule has 0 saturated heterocycles. The van der Waals surface area contributed by atoms with Crippen molar-refractivity contribution in [3.05, 3.63) is 58.9 Å². The summed E-state index contributed by atoms with van der Waals surface area (Å²) in [7, 11) is 0. The molecule has 0 aliphatic heterocycles. The fraction of sp³-hybridized carbons (Fsp3) is 0.188. The number of rotatable bonds is 5. The largest absolute Gasteiger partial charge is 0.323 e. The molecule has 112 valence electrons. The first-order chi connectivity index (χ1) is 10.7. The van der Waals surface area contributed by atoms with Gasteiger partial charge in [-0.3, -0.25) is 9.36 Å². The summed E-state index contributed by atoms with van der Waals surface area (Å²) >= 11 is 1.67. The van der Waals surface area contributed by atoms with Crippen molar-refractivity contribution in [2.45, 2.75) is 19.8 Å². The minimum absolute atomic E-state index is 0.0135.